The number of hydrogen-bond acceptors (Lipinski definition) is 4. The highest BCUT2D eigenvalue weighted by Crippen LogP contribution is 2.44. The Morgan fingerprint density at radius 3 is 2.56 bits per heavy atom. The zero-order valence-electron chi connectivity index (χ0n) is 22.2. The Labute approximate surface area is 238 Å². The Hall–Kier alpha value is -3.72. The SMILES string of the molecule is COCC(=O)Nc1ccc(N2C(=S)N[C@@H](c3ccccn3)[C@H]2c2cc(C)n(-c3ccccc3C)c2C)cc1Cl. The first kappa shape index (κ1) is 26.9. The predicted octanol–water partition coefficient (Wildman–Crippen LogP) is 6.21. The number of nitrogens with one attached hydrogen (secondary N) is 2. The first-order valence-electron chi connectivity index (χ1n) is 12.6. The van der Waals surface area contributed by atoms with Gasteiger partial charge in [-0.15, -0.1) is 0 Å². The molecule has 0 spiro atoms. The number of rotatable bonds is 7. The maximum absolute atomic E-state index is 12.1. The molecule has 9 heteroatoms. The molecule has 0 saturated carbocycles. The summed E-state index contributed by atoms with van der Waals surface area (Å²) in [5, 5.41) is 7.28. The molecule has 0 aliphatic carbocycles. The summed E-state index contributed by atoms with van der Waals surface area (Å²) in [5.74, 6) is -0.276. The number of anilines is 2. The minimum atomic E-state index is -0.276. The molecule has 0 bridgehead atoms. The Morgan fingerprint density at radius 2 is 1.87 bits per heavy atom. The molecule has 1 saturated heterocycles. The number of ether oxygens (including phenoxy) is 1. The van der Waals surface area contributed by atoms with Crippen molar-refractivity contribution in [2.75, 3.05) is 23.9 Å². The van der Waals surface area contributed by atoms with Crippen LogP contribution < -0.4 is 15.5 Å². The average Bonchev–Trinajstić information content (AvgIpc) is 3.41. The third-order valence-corrected chi connectivity index (χ3v) is 7.65. The quantitative estimate of drug-likeness (QED) is 0.262. The van der Waals surface area contributed by atoms with Crippen LogP contribution in [0.4, 0.5) is 11.4 Å². The average molecular weight is 560 g/mol. The molecule has 7 nitrogen and oxygen atoms in total. The number of para-hydroxylation sites is 1. The van der Waals surface area contributed by atoms with Gasteiger partial charge in [0.2, 0.25) is 5.91 Å². The zero-order valence-corrected chi connectivity index (χ0v) is 23.8. The van der Waals surface area contributed by atoms with Crippen LogP contribution in [0.2, 0.25) is 5.02 Å². The summed E-state index contributed by atoms with van der Waals surface area (Å²) >= 11 is 12.5. The van der Waals surface area contributed by atoms with Gasteiger partial charge in [-0.1, -0.05) is 35.9 Å². The molecule has 5 rings (SSSR count). The van der Waals surface area contributed by atoms with Gasteiger partial charge in [-0.3, -0.25) is 9.78 Å². The summed E-state index contributed by atoms with van der Waals surface area (Å²) in [6, 6.07) is 21.7. The van der Waals surface area contributed by atoms with Crippen LogP contribution in [0.1, 0.15) is 40.3 Å². The summed E-state index contributed by atoms with van der Waals surface area (Å²) in [4.78, 5) is 18.8. The Morgan fingerprint density at radius 1 is 1.10 bits per heavy atom. The summed E-state index contributed by atoms with van der Waals surface area (Å²) in [7, 11) is 1.47. The fourth-order valence-electron chi connectivity index (χ4n) is 5.29. The lowest BCUT2D eigenvalue weighted by Gasteiger charge is -2.28. The third kappa shape index (κ3) is 5.15. The van der Waals surface area contributed by atoms with Crippen LogP contribution >= 0.6 is 23.8 Å². The van der Waals surface area contributed by atoms with Gasteiger partial charge in [0.05, 0.1) is 28.5 Å². The highest BCUT2D eigenvalue weighted by molar-refractivity contribution is 7.80. The van der Waals surface area contributed by atoms with Crippen LogP contribution in [-0.4, -0.2) is 34.3 Å². The molecule has 2 N–H and O–H groups in total. The molecule has 1 fully saturated rings. The van der Waals surface area contributed by atoms with Gasteiger partial charge >= 0.3 is 0 Å². The minimum absolute atomic E-state index is 0.0530. The lowest BCUT2D eigenvalue weighted by Crippen LogP contribution is -2.29. The molecule has 4 aromatic rings. The predicted molar refractivity (Wildman–Crippen MR) is 160 cm³/mol. The molecule has 2 atom stereocenters. The second kappa shape index (κ2) is 11.2. The van der Waals surface area contributed by atoms with E-state index in [1.165, 1.54) is 12.7 Å². The lowest BCUT2D eigenvalue weighted by atomic mass is 9.96. The van der Waals surface area contributed by atoms with Crippen molar-refractivity contribution in [2.45, 2.75) is 32.9 Å². The fraction of sp³-hybridized carbons (Fsp3) is 0.233. The van der Waals surface area contributed by atoms with E-state index in [2.05, 4.69) is 76.2 Å². The Kier molecular flexibility index (Phi) is 7.70. The van der Waals surface area contributed by atoms with E-state index < -0.39 is 0 Å². The van der Waals surface area contributed by atoms with Crippen molar-refractivity contribution in [2.24, 2.45) is 0 Å². The molecule has 1 amide bonds. The summed E-state index contributed by atoms with van der Waals surface area (Å²) in [6.45, 7) is 6.34. The Balaban J connectivity index is 1.62. The van der Waals surface area contributed by atoms with Crippen molar-refractivity contribution in [3.8, 4) is 5.69 Å². The van der Waals surface area contributed by atoms with Crippen LogP contribution in [-0.2, 0) is 9.53 Å². The number of thiocarbonyl (C=S) groups is 1. The Bertz CT molecular complexity index is 1540. The fourth-order valence-corrected chi connectivity index (χ4v) is 5.86. The lowest BCUT2D eigenvalue weighted by molar-refractivity contribution is -0.119. The number of benzene rings is 2. The van der Waals surface area contributed by atoms with Gasteiger partial charge in [-0.25, -0.2) is 0 Å². The van der Waals surface area contributed by atoms with Crippen molar-refractivity contribution in [3.63, 3.8) is 0 Å². The highest BCUT2D eigenvalue weighted by Gasteiger charge is 2.42. The number of carbonyl (C=O) groups excluding carboxylic acids is 1. The van der Waals surface area contributed by atoms with Crippen molar-refractivity contribution >= 4 is 46.2 Å². The van der Waals surface area contributed by atoms with Gasteiger partial charge < -0.3 is 24.8 Å². The number of nitrogens with zero attached hydrogens (tertiary/aromatic N) is 3. The van der Waals surface area contributed by atoms with E-state index in [-0.39, 0.29) is 24.6 Å². The van der Waals surface area contributed by atoms with Crippen molar-refractivity contribution < 1.29 is 9.53 Å². The second-order valence-electron chi connectivity index (χ2n) is 9.59. The highest BCUT2D eigenvalue weighted by atomic mass is 35.5. The molecule has 39 heavy (non-hydrogen) atoms. The number of aromatic nitrogens is 2. The standard InChI is InChI=1S/C30H30ClN5O2S/c1-18-9-5-6-11-26(18)35-19(2)15-22(20(35)3)29-28(25-10-7-8-14-32-25)34-30(39)36(29)21-12-13-24(23(31)16-21)33-27(37)17-38-4/h5-16,28-29H,17H2,1-4H3,(H,33,37)(H,34,39)/t28-,29+/m0/s1. The summed E-state index contributed by atoms with van der Waals surface area (Å²) < 4.78 is 7.21. The topological polar surface area (TPSA) is 71.4 Å². The normalized spacial score (nSPS) is 16.8. The van der Waals surface area contributed by atoms with E-state index in [0.29, 0.717) is 15.8 Å². The van der Waals surface area contributed by atoms with Crippen LogP contribution in [0.3, 0.4) is 0 Å². The zero-order chi connectivity index (χ0) is 27.7. The van der Waals surface area contributed by atoms with Gasteiger partial charge in [0, 0.05) is 36.1 Å². The number of methoxy groups -OCH3 is 1. The van der Waals surface area contributed by atoms with Gasteiger partial charge in [-0.05, 0) is 86.6 Å². The number of pyridine rings is 1. The van der Waals surface area contributed by atoms with Gasteiger partial charge in [0.25, 0.3) is 0 Å². The molecule has 0 radical (unpaired) electrons. The van der Waals surface area contributed by atoms with E-state index in [9.17, 15) is 4.79 Å². The molecule has 1 aliphatic heterocycles. The van der Waals surface area contributed by atoms with E-state index in [1.54, 1.807) is 12.3 Å². The first-order chi connectivity index (χ1) is 18.8. The van der Waals surface area contributed by atoms with E-state index in [1.807, 2.05) is 30.3 Å². The van der Waals surface area contributed by atoms with E-state index in [0.717, 1.165) is 34.0 Å². The third-order valence-electron chi connectivity index (χ3n) is 7.02. The van der Waals surface area contributed by atoms with Crippen molar-refractivity contribution in [1.29, 1.82) is 0 Å². The molecular weight excluding hydrogens is 530 g/mol. The number of aryl methyl sites for hydroxylation is 2. The number of hydrogen-bond donors (Lipinski definition) is 2. The smallest absolute Gasteiger partial charge is 0.250 e. The molecule has 2 aromatic carbocycles. The molecule has 3 heterocycles. The molecule has 200 valence electrons. The number of halogens is 1. The number of carbonyl (C=O) groups is 1. The molecular formula is C30H30ClN5O2S. The van der Waals surface area contributed by atoms with E-state index in [4.69, 9.17) is 28.6 Å². The van der Waals surface area contributed by atoms with E-state index >= 15 is 0 Å². The maximum atomic E-state index is 12.1. The van der Waals surface area contributed by atoms with Crippen LogP contribution in [0.25, 0.3) is 5.69 Å². The molecule has 2 aromatic heterocycles. The van der Waals surface area contributed by atoms with Crippen LogP contribution in [0, 0.1) is 20.8 Å². The van der Waals surface area contributed by atoms with Crippen molar-refractivity contribution in [1.82, 2.24) is 14.9 Å². The molecule has 1 aliphatic rings. The molecule has 0 unspecified atom stereocenters. The van der Waals surface area contributed by atoms with Crippen LogP contribution in [0.15, 0.2) is 72.9 Å². The van der Waals surface area contributed by atoms with Gasteiger partial charge in [-0.2, -0.15) is 0 Å². The van der Waals surface area contributed by atoms with Crippen LogP contribution in [0.5, 0.6) is 0 Å². The van der Waals surface area contributed by atoms with Crippen molar-refractivity contribution in [3.05, 3.63) is 106 Å². The summed E-state index contributed by atoms with van der Waals surface area (Å²) in [5.41, 5.74) is 7.94. The second-order valence-corrected chi connectivity index (χ2v) is 10.4. The number of amides is 1. The first-order valence-corrected chi connectivity index (χ1v) is 13.4. The monoisotopic (exact) mass is 559 g/mol. The van der Waals surface area contributed by atoms with Gasteiger partial charge in [0.15, 0.2) is 5.11 Å². The van der Waals surface area contributed by atoms with Gasteiger partial charge in [0.1, 0.15) is 6.61 Å². The minimum Gasteiger partial charge on any atom is -0.375 e. The summed E-state index contributed by atoms with van der Waals surface area (Å²) in [6.07, 6.45) is 1.80. The largest absolute Gasteiger partial charge is 0.375 e. The maximum Gasteiger partial charge on any atom is 0.250 e.